The lowest BCUT2D eigenvalue weighted by Crippen LogP contribution is -2.48. The van der Waals surface area contributed by atoms with Gasteiger partial charge in [0.15, 0.2) is 5.82 Å². The molecule has 3 amide bonds. The lowest BCUT2D eigenvalue weighted by atomic mass is 9.97. The Morgan fingerprint density at radius 3 is 2.70 bits per heavy atom. The maximum absolute atomic E-state index is 13.4. The van der Waals surface area contributed by atoms with Crippen molar-refractivity contribution in [2.45, 2.75) is 31.8 Å². The summed E-state index contributed by atoms with van der Waals surface area (Å²) in [6.45, 7) is 0.198. The number of alkyl halides is 1. The van der Waals surface area contributed by atoms with Crippen LogP contribution in [-0.2, 0) is 20.0 Å². The van der Waals surface area contributed by atoms with E-state index in [1.54, 1.807) is 19.2 Å². The van der Waals surface area contributed by atoms with Crippen molar-refractivity contribution in [3.63, 3.8) is 0 Å². The number of hydrogen-bond acceptors (Lipinski definition) is 5. The first-order valence-corrected chi connectivity index (χ1v) is 13.3. The van der Waals surface area contributed by atoms with Gasteiger partial charge in [0.25, 0.3) is 11.8 Å². The summed E-state index contributed by atoms with van der Waals surface area (Å²) in [4.78, 5) is 47.7. The number of rotatable bonds is 8. The summed E-state index contributed by atoms with van der Waals surface area (Å²) in [5.74, 6) is 0.764. The van der Waals surface area contributed by atoms with E-state index in [0.717, 1.165) is 53.0 Å². The van der Waals surface area contributed by atoms with Crippen LogP contribution < -0.4 is 10.6 Å². The van der Waals surface area contributed by atoms with Crippen LogP contribution in [0.15, 0.2) is 30.3 Å². The third-order valence-corrected chi connectivity index (χ3v) is 7.80. The summed E-state index contributed by atoms with van der Waals surface area (Å²) in [6, 6.07) is 8.42. The van der Waals surface area contributed by atoms with Crippen molar-refractivity contribution in [3.05, 3.63) is 47.2 Å². The number of pyridine rings is 1. The van der Waals surface area contributed by atoms with Crippen molar-refractivity contribution in [2.24, 2.45) is 13.0 Å². The molecule has 0 spiro atoms. The van der Waals surface area contributed by atoms with Crippen LogP contribution in [0.25, 0.3) is 33.6 Å². The molecule has 1 aliphatic carbocycles. The minimum Gasteiger partial charge on any atom is -0.465 e. The van der Waals surface area contributed by atoms with Gasteiger partial charge in [-0.3, -0.25) is 9.59 Å². The second-order valence-electron chi connectivity index (χ2n) is 10.6. The molecule has 6 rings (SSSR count). The van der Waals surface area contributed by atoms with Crippen LogP contribution in [0.5, 0.6) is 0 Å². The van der Waals surface area contributed by atoms with Crippen molar-refractivity contribution >= 4 is 40.0 Å². The van der Waals surface area contributed by atoms with E-state index in [-0.39, 0.29) is 18.4 Å². The Labute approximate surface area is 229 Å². The van der Waals surface area contributed by atoms with Gasteiger partial charge in [0.05, 0.1) is 22.8 Å². The number of nitrogens with one attached hydrogen (secondary N) is 2. The molecule has 1 fully saturated rings. The standard InChI is InChI=1S/C28H30FN7O4/c1-30-26(37)20-6-5-17-10-23(36(24(17)32-20)13-15-3-4-15)25-33-21-11-19-16(9-22(21)34(25)2)7-8-35(27(19)38)14-18(12-29)31-28(39)40/h5-6,9-11,15,18,31H,3-4,7-8,12-14H2,1-2H3,(H,30,37)(H,39,40). The quantitative estimate of drug-likeness (QED) is 0.311. The largest absolute Gasteiger partial charge is 0.465 e. The highest BCUT2D eigenvalue weighted by atomic mass is 19.1. The lowest BCUT2D eigenvalue weighted by molar-refractivity contribution is 0.0713. The Morgan fingerprint density at radius 1 is 1.20 bits per heavy atom. The molecule has 0 bridgehead atoms. The molecule has 0 radical (unpaired) electrons. The van der Waals surface area contributed by atoms with Gasteiger partial charge in [0.1, 0.15) is 18.0 Å². The van der Waals surface area contributed by atoms with E-state index >= 15 is 0 Å². The molecule has 1 atom stereocenters. The number of aromatic nitrogens is 4. The number of halogens is 1. The summed E-state index contributed by atoms with van der Waals surface area (Å²) in [6.07, 6.45) is 1.53. The van der Waals surface area contributed by atoms with Crippen molar-refractivity contribution in [2.75, 3.05) is 26.8 Å². The molecular weight excluding hydrogens is 517 g/mol. The molecule has 1 unspecified atom stereocenters. The minimum atomic E-state index is -1.32. The van der Waals surface area contributed by atoms with Crippen molar-refractivity contribution < 1.29 is 23.9 Å². The van der Waals surface area contributed by atoms with Crippen molar-refractivity contribution in [1.29, 1.82) is 0 Å². The van der Waals surface area contributed by atoms with Crippen LogP contribution in [0, 0.1) is 5.92 Å². The molecule has 1 saturated carbocycles. The number of hydrogen-bond donors (Lipinski definition) is 3. The first-order chi connectivity index (χ1) is 19.3. The van der Waals surface area contributed by atoms with E-state index in [4.69, 9.17) is 10.1 Å². The SMILES string of the molecule is CNC(=O)c1ccc2cc(-c3nc4cc5c(cc4n3C)CCN(CC(CF)NC(=O)O)C5=O)n(CC3CC3)c2n1. The molecular formula is C28H30FN7O4. The number of fused-ring (bicyclic) bond motifs is 3. The van der Waals surface area contributed by atoms with Crippen LogP contribution in [0.1, 0.15) is 39.3 Å². The maximum Gasteiger partial charge on any atom is 0.405 e. The van der Waals surface area contributed by atoms with Crippen LogP contribution >= 0.6 is 0 Å². The summed E-state index contributed by atoms with van der Waals surface area (Å²) < 4.78 is 17.5. The number of aryl methyl sites for hydroxylation is 1. The van der Waals surface area contributed by atoms with Gasteiger partial charge in [-0.25, -0.2) is 19.2 Å². The van der Waals surface area contributed by atoms with Gasteiger partial charge in [-0.1, -0.05) is 0 Å². The number of carboxylic acid groups (broad SMARTS) is 1. The molecule has 0 saturated heterocycles. The number of carbonyl (C=O) groups excluding carboxylic acids is 2. The smallest absolute Gasteiger partial charge is 0.405 e. The number of nitrogens with zero attached hydrogens (tertiary/aromatic N) is 5. The third kappa shape index (κ3) is 4.52. The highest BCUT2D eigenvalue weighted by Crippen LogP contribution is 2.36. The molecule has 1 aromatic carbocycles. The van der Waals surface area contributed by atoms with Gasteiger partial charge in [0.2, 0.25) is 0 Å². The van der Waals surface area contributed by atoms with Crippen LogP contribution in [0.3, 0.4) is 0 Å². The average molecular weight is 548 g/mol. The molecule has 3 aromatic heterocycles. The second-order valence-corrected chi connectivity index (χ2v) is 10.6. The number of amides is 3. The normalized spacial score (nSPS) is 15.9. The fourth-order valence-electron chi connectivity index (χ4n) is 5.50. The molecule has 1 aliphatic heterocycles. The van der Waals surface area contributed by atoms with Gasteiger partial charge in [0, 0.05) is 44.7 Å². The fraction of sp³-hybridized carbons (Fsp3) is 0.393. The predicted molar refractivity (Wildman–Crippen MR) is 146 cm³/mol. The molecule has 208 valence electrons. The Balaban J connectivity index is 1.40. The van der Waals surface area contributed by atoms with Gasteiger partial charge < -0.3 is 29.8 Å². The van der Waals surface area contributed by atoms with Gasteiger partial charge in [-0.05, 0) is 61.1 Å². The Kier molecular flexibility index (Phi) is 6.40. The molecule has 2 aliphatic rings. The summed E-state index contributed by atoms with van der Waals surface area (Å²) in [5, 5.41) is 14.6. The zero-order valence-electron chi connectivity index (χ0n) is 22.3. The fourth-order valence-corrected chi connectivity index (χ4v) is 5.50. The van der Waals surface area contributed by atoms with E-state index in [1.165, 1.54) is 4.90 Å². The topological polar surface area (TPSA) is 134 Å². The van der Waals surface area contributed by atoms with Crippen LogP contribution in [0.4, 0.5) is 9.18 Å². The van der Waals surface area contributed by atoms with Gasteiger partial charge >= 0.3 is 6.09 Å². The number of carbonyl (C=O) groups is 3. The first-order valence-electron chi connectivity index (χ1n) is 13.3. The lowest BCUT2D eigenvalue weighted by Gasteiger charge is -2.31. The van der Waals surface area contributed by atoms with E-state index < -0.39 is 18.8 Å². The zero-order chi connectivity index (χ0) is 28.1. The Hall–Kier alpha value is -4.48. The average Bonchev–Trinajstić information content (AvgIpc) is 3.63. The van der Waals surface area contributed by atoms with Crippen LogP contribution in [0.2, 0.25) is 0 Å². The first kappa shape index (κ1) is 25.8. The zero-order valence-corrected chi connectivity index (χ0v) is 22.3. The minimum absolute atomic E-state index is 0.0428. The number of imidazole rings is 1. The second kappa shape index (κ2) is 9.92. The molecule has 4 aromatic rings. The van der Waals surface area contributed by atoms with Gasteiger partial charge in [-0.2, -0.15) is 0 Å². The molecule has 4 heterocycles. The van der Waals surface area contributed by atoms with E-state index in [1.807, 2.05) is 29.8 Å². The monoisotopic (exact) mass is 547 g/mol. The highest BCUT2D eigenvalue weighted by molar-refractivity contribution is 6.01. The summed E-state index contributed by atoms with van der Waals surface area (Å²) >= 11 is 0. The summed E-state index contributed by atoms with van der Waals surface area (Å²) in [5.41, 5.74) is 4.88. The maximum atomic E-state index is 13.4. The van der Waals surface area contributed by atoms with Crippen molar-refractivity contribution in [1.82, 2.24) is 34.6 Å². The molecule has 11 nitrogen and oxygen atoms in total. The van der Waals surface area contributed by atoms with Crippen LogP contribution in [-0.4, -0.2) is 79.9 Å². The van der Waals surface area contributed by atoms with E-state index in [0.29, 0.717) is 35.7 Å². The van der Waals surface area contributed by atoms with E-state index in [9.17, 15) is 18.8 Å². The van der Waals surface area contributed by atoms with E-state index in [2.05, 4.69) is 20.2 Å². The highest BCUT2D eigenvalue weighted by Gasteiger charge is 2.30. The molecule has 3 N–H and O–H groups in total. The molecule has 12 heteroatoms. The van der Waals surface area contributed by atoms with Crippen molar-refractivity contribution in [3.8, 4) is 11.5 Å². The summed E-state index contributed by atoms with van der Waals surface area (Å²) in [7, 11) is 3.53. The Bertz CT molecular complexity index is 1670. The number of benzene rings is 1. The predicted octanol–water partition coefficient (Wildman–Crippen LogP) is 2.96. The Morgan fingerprint density at radius 2 is 2.00 bits per heavy atom. The third-order valence-electron chi connectivity index (χ3n) is 7.80. The molecule has 40 heavy (non-hydrogen) atoms. The van der Waals surface area contributed by atoms with Gasteiger partial charge in [-0.15, -0.1) is 0 Å².